The number of para-hydroxylation sites is 2. The minimum Gasteiger partial charge on any atom is -0.344 e. The van der Waals surface area contributed by atoms with Crippen molar-refractivity contribution in [3.05, 3.63) is 409 Å². The van der Waals surface area contributed by atoms with Crippen LogP contribution >= 0.6 is 0 Å². The molecular formula is C103H83N. The van der Waals surface area contributed by atoms with Crippen molar-refractivity contribution < 1.29 is 0 Å². The fourth-order valence-electron chi connectivity index (χ4n) is 15.0. The molecule has 21 aromatic rings. The normalized spacial score (nSPS) is 11.0. The number of hydrogen-bond acceptors (Lipinski definition) is 0. The topological polar surface area (TPSA) is 4.93 Å². The molecule has 0 amide bonds. The molecule has 0 unspecified atom stereocenters. The van der Waals surface area contributed by atoms with Crippen LogP contribution in [0.2, 0.25) is 0 Å². The minimum absolute atomic E-state index is 1.30. The second kappa shape index (κ2) is 30.3. The second-order valence-electron chi connectivity index (χ2n) is 27.6. The van der Waals surface area contributed by atoms with E-state index in [-0.39, 0.29) is 0 Å². The van der Waals surface area contributed by atoms with Gasteiger partial charge >= 0.3 is 0 Å². The molecule has 1 nitrogen and oxygen atoms in total. The van der Waals surface area contributed by atoms with Crippen LogP contribution in [0, 0.1) is 41.5 Å². The van der Waals surface area contributed by atoms with E-state index in [1.807, 2.05) is 0 Å². The summed E-state index contributed by atoms with van der Waals surface area (Å²) in [7, 11) is 2.12. The third kappa shape index (κ3) is 14.4. The van der Waals surface area contributed by atoms with Crippen molar-refractivity contribution in [1.82, 2.24) is 4.57 Å². The first-order chi connectivity index (χ1) is 51.0. The van der Waals surface area contributed by atoms with Crippen molar-refractivity contribution in [3.63, 3.8) is 0 Å². The van der Waals surface area contributed by atoms with Gasteiger partial charge in [0, 0.05) is 28.9 Å². The van der Waals surface area contributed by atoms with E-state index in [1.54, 1.807) is 0 Å². The van der Waals surface area contributed by atoms with Crippen LogP contribution in [0.25, 0.3) is 151 Å². The fourth-order valence-corrected chi connectivity index (χ4v) is 15.0. The van der Waals surface area contributed by atoms with Gasteiger partial charge < -0.3 is 4.57 Å². The number of rotatable bonds is 0. The number of fused-ring (bicyclic) bond motifs is 18. The van der Waals surface area contributed by atoms with Gasteiger partial charge in [0.1, 0.15) is 0 Å². The maximum absolute atomic E-state index is 2.28. The van der Waals surface area contributed by atoms with Crippen molar-refractivity contribution in [2.24, 2.45) is 7.05 Å². The first kappa shape index (κ1) is 67.2. The molecule has 0 aliphatic rings. The van der Waals surface area contributed by atoms with Gasteiger partial charge in [-0.2, -0.15) is 0 Å². The predicted molar refractivity (Wildman–Crippen MR) is 458 cm³/mol. The third-order valence-corrected chi connectivity index (χ3v) is 20.5. The minimum atomic E-state index is 1.30. The van der Waals surface area contributed by atoms with Crippen LogP contribution in [0.5, 0.6) is 0 Å². The molecule has 0 aliphatic carbocycles. The summed E-state index contributed by atoms with van der Waals surface area (Å²) in [4.78, 5) is 0. The van der Waals surface area contributed by atoms with Gasteiger partial charge in [0.25, 0.3) is 0 Å². The van der Waals surface area contributed by atoms with E-state index in [0.717, 1.165) is 0 Å². The van der Waals surface area contributed by atoms with Gasteiger partial charge in [-0.05, 0) is 230 Å². The smallest absolute Gasteiger partial charge is 0.0488 e. The second-order valence-corrected chi connectivity index (χ2v) is 27.6. The molecule has 0 radical (unpaired) electrons. The van der Waals surface area contributed by atoms with E-state index < -0.39 is 0 Å². The molecule has 0 aliphatic heterocycles. The highest BCUT2D eigenvalue weighted by Gasteiger charge is 2.08. The van der Waals surface area contributed by atoms with Crippen molar-refractivity contribution in [1.29, 1.82) is 0 Å². The molecule has 104 heavy (non-hydrogen) atoms. The summed E-state index contributed by atoms with van der Waals surface area (Å²) in [6, 6.07) is 134. The third-order valence-electron chi connectivity index (χ3n) is 20.5. The lowest BCUT2D eigenvalue weighted by Gasteiger charge is -2.06. The zero-order valence-corrected chi connectivity index (χ0v) is 60.2. The molecule has 0 spiro atoms. The standard InChI is InChI=1S/6C15H12.C13H11N/c1-11-14-8-4-2-6-12(14)10-13-7-3-5-9-15(11)13;1-11-10-12-6-2-3-8-14(12)15-9-5-4-7-13(11)15;1-11-5-4-8-14-9-12-6-2-3-7-13(12)10-15(11)14;1-11-6-9-15-13(10-11)8-7-12-4-2-3-5-14(12)15;1-11-6-7-14-9-12-4-2-3-5-13(12)10-15(14)8-11;1-11-6-7-13-9-8-12-4-2-3-5-14(12)15(13)10-11;1-14-12-8-4-2-6-10(12)11-7-3-5-9-13(11)14/h6*2-10H,1H3;2-9H,1H3. The quantitative estimate of drug-likeness (QED) is 0.105. The van der Waals surface area contributed by atoms with E-state index in [9.17, 15) is 0 Å². The predicted octanol–water partition coefficient (Wildman–Crippen LogP) is 29.1. The van der Waals surface area contributed by atoms with E-state index in [0.29, 0.717) is 0 Å². The Morgan fingerprint density at radius 1 is 0.154 bits per heavy atom. The van der Waals surface area contributed by atoms with E-state index in [4.69, 9.17) is 0 Å². The summed E-state index contributed by atoms with van der Waals surface area (Å²) < 4.78 is 2.24. The molecule has 1 heterocycles. The lowest BCUT2D eigenvalue weighted by atomic mass is 9.98. The van der Waals surface area contributed by atoms with Crippen LogP contribution in [0.15, 0.2) is 376 Å². The first-order valence-corrected chi connectivity index (χ1v) is 36.2. The maximum atomic E-state index is 2.28. The zero-order valence-electron chi connectivity index (χ0n) is 60.2. The molecule has 500 valence electrons. The zero-order chi connectivity index (χ0) is 71.0. The van der Waals surface area contributed by atoms with Crippen molar-refractivity contribution >= 4 is 151 Å². The van der Waals surface area contributed by atoms with Crippen LogP contribution in [0.1, 0.15) is 33.4 Å². The molecule has 0 bridgehead atoms. The highest BCUT2D eigenvalue weighted by atomic mass is 14.9. The van der Waals surface area contributed by atoms with Gasteiger partial charge in [-0.1, -0.05) is 350 Å². The van der Waals surface area contributed by atoms with Crippen LogP contribution in [0.4, 0.5) is 0 Å². The Morgan fingerprint density at radius 3 is 1.01 bits per heavy atom. The van der Waals surface area contributed by atoms with Gasteiger partial charge in [0.05, 0.1) is 0 Å². The maximum Gasteiger partial charge on any atom is 0.0488 e. The average Bonchev–Trinajstić information content (AvgIpc) is 1.34. The molecule has 1 heteroatoms. The number of benzene rings is 20. The monoisotopic (exact) mass is 1330 g/mol. The van der Waals surface area contributed by atoms with Gasteiger partial charge in [0.15, 0.2) is 0 Å². The van der Waals surface area contributed by atoms with E-state index in [2.05, 4.69) is 429 Å². The lowest BCUT2D eigenvalue weighted by Crippen LogP contribution is -1.84. The number of aryl methyl sites for hydroxylation is 7. The largest absolute Gasteiger partial charge is 0.344 e. The van der Waals surface area contributed by atoms with Gasteiger partial charge in [-0.15, -0.1) is 0 Å². The Bertz CT molecular complexity index is 6500. The molecule has 0 saturated carbocycles. The molecule has 0 atom stereocenters. The number of aromatic nitrogens is 1. The summed E-state index contributed by atoms with van der Waals surface area (Å²) in [6.07, 6.45) is 0. The van der Waals surface area contributed by atoms with Gasteiger partial charge in [-0.3, -0.25) is 0 Å². The van der Waals surface area contributed by atoms with Crippen molar-refractivity contribution in [2.45, 2.75) is 41.5 Å². The summed E-state index contributed by atoms with van der Waals surface area (Å²) >= 11 is 0. The molecule has 1 aromatic heterocycles. The lowest BCUT2D eigenvalue weighted by molar-refractivity contribution is 1.01. The summed E-state index contributed by atoms with van der Waals surface area (Å²) in [5.41, 5.74) is 10.6. The average molecular weight is 1330 g/mol. The molecular weight excluding hydrogens is 1250 g/mol. The molecule has 20 aromatic carbocycles. The Hall–Kier alpha value is -12.7. The summed E-state index contributed by atoms with van der Waals surface area (Å²) in [6.45, 7) is 12.9. The Morgan fingerprint density at radius 2 is 0.452 bits per heavy atom. The van der Waals surface area contributed by atoms with Crippen LogP contribution in [0.3, 0.4) is 0 Å². The van der Waals surface area contributed by atoms with Crippen LogP contribution in [-0.4, -0.2) is 4.57 Å². The van der Waals surface area contributed by atoms with Crippen LogP contribution in [-0.2, 0) is 7.05 Å². The summed E-state index contributed by atoms with van der Waals surface area (Å²) in [5, 5.41) is 34.7. The van der Waals surface area contributed by atoms with Gasteiger partial charge in [0.2, 0.25) is 0 Å². The Balaban J connectivity index is 0.0000000976. The molecule has 21 rings (SSSR count). The number of nitrogens with zero attached hydrogens (tertiary/aromatic N) is 1. The fraction of sp³-hybridized carbons (Fsp3) is 0.0680. The first-order valence-electron chi connectivity index (χ1n) is 36.2. The molecule has 0 fully saturated rings. The molecule has 0 N–H and O–H groups in total. The van der Waals surface area contributed by atoms with Gasteiger partial charge in [-0.25, -0.2) is 0 Å². The van der Waals surface area contributed by atoms with Crippen molar-refractivity contribution in [3.8, 4) is 0 Å². The Labute approximate surface area is 609 Å². The molecule has 0 saturated heterocycles. The van der Waals surface area contributed by atoms with E-state index in [1.165, 1.54) is 184 Å². The highest BCUT2D eigenvalue weighted by molar-refractivity contribution is 6.12. The SMILES string of the molecule is Cc1c2ccccc2cc2ccccc12.Cc1cc2ccccc2c2ccccc12.Cc1ccc2c(ccc3ccccc32)c1.Cc1ccc2cc3ccccc3cc2c1.Cc1ccc2ccc3ccccc3c2c1.Cc1cccc2cc3ccccc3cc12.Cn1c2ccccc2c2ccccc21. The van der Waals surface area contributed by atoms with E-state index >= 15 is 0 Å². The summed E-state index contributed by atoms with van der Waals surface area (Å²) in [5.74, 6) is 0. The number of hydrogen-bond donors (Lipinski definition) is 0. The highest BCUT2D eigenvalue weighted by Crippen LogP contribution is 2.33. The van der Waals surface area contributed by atoms with Crippen molar-refractivity contribution in [2.75, 3.05) is 0 Å². The Kier molecular flexibility index (Phi) is 19.5. The van der Waals surface area contributed by atoms with Crippen LogP contribution < -0.4 is 0 Å².